The Morgan fingerprint density at radius 2 is 1.72 bits per heavy atom. The van der Waals surface area contributed by atoms with Crippen LogP contribution in [0.4, 0.5) is 0 Å². The molecule has 2 atom stereocenters. The molecule has 1 fully saturated rings. The average molecular weight is 453 g/mol. The molecule has 0 aliphatic carbocycles. The van der Waals surface area contributed by atoms with Gasteiger partial charge in [0.25, 0.3) is 0 Å². The van der Waals surface area contributed by atoms with Crippen molar-refractivity contribution in [2.45, 2.75) is 31.4 Å². The molecule has 0 radical (unpaired) electrons. The average Bonchev–Trinajstić information content (AvgIpc) is 3.20. The molecule has 3 aromatic rings. The molecule has 7 heteroatoms. The normalized spacial score (nSPS) is 19.2. The van der Waals surface area contributed by atoms with Crippen molar-refractivity contribution in [3.63, 3.8) is 0 Å². The van der Waals surface area contributed by atoms with E-state index < -0.39 is 21.3 Å². The van der Waals surface area contributed by atoms with E-state index in [9.17, 15) is 8.42 Å². The summed E-state index contributed by atoms with van der Waals surface area (Å²) in [5.41, 5.74) is 3.98. The van der Waals surface area contributed by atoms with Crippen molar-refractivity contribution in [2.75, 3.05) is 13.7 Å². The predicted molar refractivity (Wildman–Crippen MR) is 124 cm³/mol. The van der Waals surface area contributed by atoms with Crippen molar-refractivity contribution in [3.8, 4) is 5.75 Å². The summed E-state index contributed by atoms with van der Waals surface area (Å²) in [5, 5.41) is 0.907. The Hall–Kier alpha value is -2.71. The van der Waals surface area contributed by atoms with Crippen molar-refractivity contribution < 1.29 is 18.0 Å². The van der Waals surface area contributed by atoms with Crippen LogP contribution in [0.2, 0.25) is 0 Å². The summed E-state index contributed by atoms with van der Waals surface area (Å²) in [4.78, 5) is 5.61. The lowest BCUT2D eigenvalue weighted by Crippen LogP contribution is -2.39. The smallest absolute Gasteiger partial charge is 0.219 e. The van der Waals surface area contributed by atoms with Crippen LogP contribution in [0.25, 0.3) is 0 Å². The van der Waals surface area contributed by atoms with Crippen molar-refractivity contribution in [1.29, 1.82) is 0 Å². The number of nitrogens with one attached hydrogen (secondary N) is 1. The van der Waals surface area contributed by atoms with Gasteiger partial charge < -0.3 is 4.74 Å². The number of hydroxylamine groups is 2. The zero-order valence-corrected chi connectivity index (χ0v) is 19.1. The molecule has 1 aliphatic rings. The Balaban J connectivity index is 1.44. The van der Waals surface area contributed by atoms with E-state index in [2.05, 4.69) is 4.72 Å². The molecular weight excluding hydrogens is 424 g/mol. The summed E-state index contributed by atoms with van der Waals surface area (Å²) in [6, 6.07) is 24.9. The highest BCUT2D eigenvalue weighted by Crippen LogP contribution is 2.34. The molecule has 3 aromatic carbocycles. The summed E-state index contributed by atoms with van der Waals surface area (Å²) in [6.07, 6.45) is 0. The lowest BCUT2D eigenvalue weighted by Gasteiger charge is -2.23. The highest BCUT2D eigenvalue weighted by Gasteiger charge is 2.43. The SMILES string of the molecule is Cc1cccc(CNS(=O)(=O)[C@@H]2CON(C)[C@H]2c2ccc(OCc3ccccc3)cc2)c1. The van der Waals surface area contributed by atoms with Crippen LogP contribution in [0, 0.1) is 6.92 Å². The molecule has 6 nitrogen and oxygen atoms in total. The van der Waals surface area contributed by atoms with E-state index >= 15 is 0 Å². The monoisotopic (exact) mass is 452 g/mol. The van der Waals surface area contributed by atoms with Crippen molar-refractivity contribution in [2.24, 2.45) is 0 Å². The molecule has 1 heterocycles. The number of hydrogen-bond acceptors (Lipinski definition) is 5. The molecule has 0 aromatic heterocycles. The fourth-order valence-electron chi connectivity index (χ4n) is 3.90. The second kappa shape index (κ2) is 9.83. The van der Waals surface area contributed by atoms with Crippen molar-refractivity contribution in [1.82, 2.24) is 9.79 Å². The first-order valence-electron chi connectivity index (χ1n) is 10.6. The molecule has 1 N–H and O–H groups in total. The molecule has 1 aliphatic heterocycles. The zero-order valence-electron chi connectivity index (χ0n) is 18.3. The minimum Gasteiger partial charge on any atom is -0.489 e. The molecule has 1 saturated heterocycles. The van der Waals surface area contributed by atoms with Gasteiger partial charge in [-0.3, -0.25) is 4.84 Å². The van der Waals surface area contributed by atoms with E-state index in [1.165, 1.54) is 0 Å². The number of sulfonamides is 1. The first kappa shape index (κ1) is 22.5. The second-order valence-electron chi connectivity index (χ2n) is 8.02. The minimum atomic E-state index is -3.61. The molecule has 4 rings (SSSR count). The van der Waals surface area contributed by atoms with E-state index in [0.29, 0.717) is 6.61 Å². The maximum absolute atomic E-state index is 13.1. The Labute approximate surface area is 189 Å². The third kappa shape index (κ3) is 5.37. The van der Waals surface area contributed by atoms with Crippen LogP contribution in [0.5, 0.6) is 5.75 Å². The second-order valence-corrected chi connectivity index (χ2v) is 10.0. The molecule has 0 unspecified atom stereocenters. The fourth-order valence-corrected chi connectivity index (χ4v) is 5.39. The van der Waals surface area contributed by atoms with Gasteiger partial charge in [0.05, 0.1) is 12.6 Å². The van der Waals surface area contributed by atoms with Gasteiger partial charge in [-0.25, -0.2) is 13.1 Å². The van der Waals surface area contributed by atoms with Gasteiger partial charge in [-0.05, 0) is 35.7 Å². The topological polar surface area (TPSA) is 67.9 Å². The van der Waals surface area contributed by atoms with Crippen LogP contribution in [-0.4, -0.2) is 32.4 Å². The molecular formula is C25H28N2O4S. The van der Waals surface area contributed by atoms with Gasteiger partial charge >= 0.3 is 0 Å². The Morgan fingerprint density at radius 3 is 2.44 bits per heavy atom. The van der Waals surface area contributed by atoms with Crippen molar-refractivity contribution >= 4 is 10.0 Å². The maximum atomic E-state index is 13.1. The Kier molecular flexibility index (Phi) is 6.91. The van der Waals surface area contributed by atoms with E-state index in [0.717, 1.165) is 28.0 Å². The van der Waals surface area contributed by atoms with Crippen molar-refractivity contribution in [3.05, 3.63) is 101 Å². The quantitative estimate of drug-likeness (QED) is 0.560. The van der Waals surface area contributed by atoms with E-state index in [1.54, 1.807) is 12.1 Å². The first-order chi connectivity index (χ1) is 15.4. The maximum Gasteiger partial charge on any atom is 0.219 e. The van der Waals surface area contributed by atoms with Crippen LogP contribution in [0.1, 0.15) is 28.3 Å². The minimum absolute atomic E-state index is 0.108. The van der Waals surface area contributed by atoms with Crippen LogP contribution < -0.4 is 9.46 Å². The third-order valence-corrected chi connectivity index (χ3v) is 7.35. The summed E-state index contributed by atoms with van der Waals surface area (Å²) in [5.74, 6) is 0.733. The number of nitrogens with zero attached hydrogens (tertiary/aromatic N) is 1. The van der Waals surface area contributed by atoms with Crippen LogP contribution in [-0.2, 0) is 28.0 Å². The first-order valence-corrected chi connectivity index (χ1v) is 12.1. The third-order valence-electron chi connectivity index (χ3n) is 5.61. The van der Waals surface area contributed by atoms with E-state index in [1.807, 2.05) is 85.8 Å². The Morgan fingerprint density at radius 1 is 1.00 bits per heavy atom. The number of ether oxygens (including phenoxy) is 1. The summed E-state index contributed by atoms with van der Waals surface area (Å²) >= 11 is 0. The van der Waals surface area contributed by atoms with E-state index in [4.69, 9.17) is 9.57 Å². The lowest BCUT2D eigenvalue weighted by molar-refractivity contribution is -0.110. The predicted octanol–water partition coefficient (Wildman–Crippen LogP) is 3.98. The largest absolute Gasteiger partial charge is 0.489 e. The summed E-state index contributed by atoms with van der Waals surface area (Å²) in [6.45, 7) is 2.83. The highest BCUT2D eigenvalue weighted by molar-refractivity contribution is 7.90. The van der Waals surface area contributed by atoms with E-state index in [-0.39, 0.29) is 13.2 Å². The van der Waals surface area contributed by atoms with Gasteiger partial charge in [-0.1, -0.05) is 72.3 Å². The standard InChI is InChI=1S/C25H28N2O4S/c1-19-7-6-10-21(15-19)16-26-32(28,29)24-18-31-27(2)25(24)22-11-13-23(14-12-22)30-17-20-8-4-3-5-9-20/h3-15,24-26H,16-18H2,1-2H3/t24-,25+/m1/s1. The van der Waals surface area contributed by atoms with Crippen LogP contribution >= 0.6 is 0 Å². The van der Waals surface area contributed by atoms with Gasteiger partial charge in [0, 0.05) is 13.6 Å². The molecule has 0 spiro atoms. The lowest BCUT2D eigenvalue weighted by atomic mass is 10.0. The summed E-state index contributed by atoms with van der Waals surface area (Å²) < 4.78 is 34.8. The van der Waals surface area contributed by atoms with Crippen LogP contribution in [0.3, 0.4) is 0 Å². The molecule has 32 heavy (non-hydrogen) atoms. The van der Waals surface area contributed by atoms with Crippen LogP contribution in [0.15, 0.2) is 78.9 Å². The fraction of sp³-hybridized carbons (Fsp3) is 0.280. The van der Waals surface area contributed by atoms with Gasteiger partial charge in [-0.15, -0.1) is 0 Å². The zero-order chi connectivity index (χ0) is 22.6. The number of hydrogen-bond donors (Lipinski definition) is 1. The summed E-state index contributed by atoms with van der Waals surface area (Å²) in [7, 11) is -1.84. The van der Waals surface area contributed by atoms with Gasteiger partial charge in [0.2, 0.25) is 10.0 Å². The van der Waals surface area contributed by atoms with Gasteiger partial charge in [0.15, 0.2) is 0 Å². The van der Waals surface area contributed by atoms with Gasteiger partial charge in [-0.2, -0.15) is 5.06 Å². The molecule has 0 amide bonds. The molecule has 0 saturated carbocycles. The van der Waals surface area contributed by atoms with Gasteiger partial charge in [0.1, 0.15) is 17.6 Å². The number of benzene rings is 3. The molecule has 168 valence electrons. The Bertz CT molecular complexity index is 1130. The molecule has 0 bridgehead atoms. The number of aryl methyl sites for hydroxylation is 1. The highest BCUT2D eigenvalue weighted by atomic mass is 32.2. The number of rotatable bonds is 8.